The van der Waals surface area contributed by atoms with Gasteiger partial charge < -0.3 is 29.7 Å². The van der Waals surface area contributed by atoms with Gasteiger partial charge in [0.1, 0.15) is 30.8 Å². The van der Waals surface area contributed by atoms with Gasteiger partial charge in [-0.3, -0.25) is 4.79 Å². The summed E-state index contributed by atoms with van der Waals surface area (Å²) in [4.78, 5) is 26.2. The molecule has 3 rings (SSSR count). The van der Waals surface area contributed by atoms with E-state index in [-0.39, 0.29) is 13.2 Å². The van der Waals surface area contributed by atoms with Crippen molar-refractivity contribution >= 4 is 11.9 Å². The normalized spacial score (nSPS) is 11.8. The number of aliphatic hydroxyl groups is 2. The molecule has 2 aromatic heterocycles. The average Bonchev–Trinajstić information content (AvgIpc) is 3.26. The number of ether oxygens (including phenoxy) is 1. The number of nitrogens with one attached hydrogen (secondary N) is 1. The van der Waals surface area contributed by atoms with Crippen LogP contribution >= 0.6 is 0 Å². The first-order valence-corrected chi connectivity index (χ1v) is 10.3. The molecule has 0 radical (unpaired) electrons. The molecule has 3 N–H and O–H groups in total. The second-order valence-electron chi connectivity index (χ2n) is 7.88. The Balaban J connectivity index is 1.76. The highest BCUT2D eigenvalue weighted by Gasteiger charge is 2.17. The predicted octanol–water partition coefficient (Wildman–Crippen LogP) is 1.03. The standard InChI is InChI=1S/C22H28N6O5/c1-12-6-15(7-13(2)19(12)32-11-16(30)9-23-18(31)10-29)20-26-21(33-27-20)17-8-14(3)24-22(25-17)28(4)5/h6-8,16,29-30H,9-11H2,1-5H3,(H,23,31)/t16-/m0/s1. The number of carbonyl (C=O) groups is 1. The molecule has 1 atom stereocenters. The fourth-order valence-corrected chi connectivity index (χ4v) is 3.14. The smallest absolute Gasteiger partial charge is 0.277 e. The van der Waals surface area contributed by atoms with Crippen molar-refractivity contribution in [2.45, 2.75) is 26.9 Å². The molecule has 0 bridgehead atoms. The fraction of sp³-hybridized carbons (Fsp3) is 0.409. The Labute approximate surface area is 191 Å². The lowest BCUT2D eigenvalue weighted by Gasteiger charge is -2.16. The number of anilines is 1. The number of aryl methyl sites for hydroxylation is 3. The Morgan fingerprint density at radius 1 is 1.15 bits per heavy atom. The number of aromatic nitrogens is 4. The van der Waals surface area contributed by atoms with Gasteiger partial charge in [0.05, 0.1) is 0 Å². The van der Waals surface area contributed by atoms with E-state index in [0.717, 1.165) is 22.4 Å². The van der Waals surface area contributed by atoms with Gasteiger partial charge in [-0.1, -0.05) is 5.16 Å². The minimum atomic E-state index is -0.915. The molecule has 0 saturated carbocycles. The Kier molecular flexibility index (Phi) is 7.56. The fourth-order valence-electron chi connectivity index (χ4n) is 3.14. The molecule has 0 saturated heterocycles. The van der Waals surface area contributed by atoms with Crippen molar-refractivity contribution in [2.75, 3.05) is 38.8 Å². The molecule has 0 unspecified atom stereocenters. The average molecular weight is 457 g/mol. The predicted molar refractivity (Wildman–Crippen MR) is 121 cm³/mol. The van der Waals surface area contributed by atoms with E-state index in [1.807, 2.05) is 47.0 Å². The molecule has 0 spiro atoms. The largest absolute Gasteiger partial charge is 0.490 e. The summed E-state index contributed by atoms with van der Waals surface area (Å²) in [7, 11) is 3.72. The highest BCUT2D eigenvalue weighted by molar-refractivity contribution is 5.76. The third-order valence-electron chi connectivity index (χ3n) is 4.70. The molecule has 11 heteroatoms. The van der Waals surface area contributed by atoms with Crippen molar-refractivity contribution in [3.8, 4) is 28.7 Å². The molecule has 11 nitrogen and oxygen atoms in total. The van der Waals surface area contributed by atoms with Crippen molar-refractivity contribution in [1.29, 1.82) is 0 Å². The number of hydrogen-bond acceptors (Lipinski definition) is 10. The van der Waals surface area contributed by atoms with Crippen molar-refractivity contribution in [3.05, 3.63) is 35.0 Å². The van der Waals surface area contributed by atoms with Crippen LogP contribution in [0.25, 0.3) is 23.0 Å². The summed E-state index contributed by atoms with van der Waals surface area (Å²) in [5, 5.41) is 25.2. The topological polar surface area (TPSA) is 147 Å². The highest BCUT2D eigenvalue weighted by Crippen LogP contribution is 2.30. The van der Waals surface area contributed by atoms with Gasteiger partial charge in [-0.15, -0.1) is 0 Å². The van der Waals surface area contributed by atoms with Gasteiger partial charge >= 0.3 is 0 Å². The van der Waals surface area contributed by atoms with Gasteiger partial charge in [-0.2, -0.15) is 4.98 Å². The molecule has 33 heavy (non-hydrogen) atoms. The van der Waals surface area contributed by atoms with Gasteiger partial charge in [-0.05, 0) is 50.1 Å². The van der Waals surface area contributed by atoms with Gasteiger partial charge in [0, 0.05) is 31.9 Å². The molecule has 0 aliphatic heterocycles. The Bertz CT molecular complexity index is 1110. The number of carbonyl (C=O) groups excluding carboxylic acids is 1. The number of aliphatic hydroxyl groups excluding tert-OH is 2. The number of amides is 1. The maximum absolute atomic E-state index is 11.1. The summed E-state index contributed by atoms with van der Waals surface area (Å²) < 4.78 is 11.2. The third kappa shape index (κ3) is 6.02. The molecule has 3 aromatic rings. The molecule has 1 aromatic carbocycles. The summed E-state index contributed by atoms with van der Waals surface area (Å²) in [5.41, 5.74) is 3.74. The zero-order chi connectivity index (χ0) is 24.1. The maximum atomic E-state index is 11.1. The number of rotatable bonds is 9. The van der Waals surface area contributed by atoms with Crippen molar-refractivity contribution in [1.82, 2.24) is 25.4 Å². The van der Waals surface area contributed by atoms with Crippen LogP contribution in [0.1, 0.15) is 16.8 Å². The number of benzene rings is 1. The van der Waals surface area contributed by atoms with Gasteiger partial charge in [0.2, 0.25) is 17.7 Å². The summed E-state index contributed by atoms with van der Waals surface area (Å²) in [6.45, 7) is 4.98. The van der Waals surface area contributed by atoms with Gasteiger partial charge in [-0.25, -0.2) is 9.97 Å². The molecule has 1 amide bonds. The van der Waals surface area contributed by atoms with Crippen LogP contribution < -0.4 is 15.0 Å². The van der Waals surface area contributed by atoms with Gasteiger partial charge in [0.15, 0.2) is 0 Å². The molecular weight excluding hydrogens is 428 g/mol. The Morgan fingerprint density at radius 2 is 1.85 bits per heavy atom. The van der Waals surface area contributed by atoms with E-state index in [1.54, 1.807) is 11.0 Å². The van der Waals surface area contributed by atoms with E-state index in [2.05, 4.69) is 25.4 Å². The van der Waals surface area contributed by atoms with Crippen molar-refractivity contribution < 1.29 is 24.3 Å². The van der Waals surface area contributed by atoms with Crippen molar-refractivity contribution in [2.24, 2.45) is 0 Å². The van der Waals surface area contributed by atoms with Crippen molar-refractivity contribution in [3.63, 3.8) is 0 Å². The lowest BCUT2D eigenvalue weighted by molar-refractivity contribution is -0.124. The second kappa shape index (κ2) is 10.4. The molecule has 176 valence electrons. The maximum Gasteiger partial charge on any atom is 0.277 e. The van der Waals surface area contributed by atoms with Crippen LogP contribution in [0, 0.1) is 20.8 Å². The van der Waals surface area contributed by atoms with E-state index in [9.17, 15) is 9.90 Å². The minimum absolute atomic E-state index is 0.0135. The zero-order valence-electron chi connectivity index (χ0n) is 19.3. The van der Waals surface area contributed by atoms with Crippen LogP contribution in [0.5, 0.6) is 5.75 Å². The van der Waals surface area contributed by atoms with Crippen LogP contribution in [-0.4, -0.2) is 76.2 Å². The SMILES string of the molecule is Cc1cc(-c2nc(-c3cc(C)c(OC[C@@H](O)CNC(=O)CO)c(C)c3)no2)nc(N(C)C)n1. The molecule has 0 aliphatic rings. The molecule has 0 aliphatic carbocycles. The van der Waals surface area contributed by atoms with E-state index < -0.39 is 18.6 Å². The molecule has 0 fully saturated rings. The van der Waals surface area contributed by atoms with Crippen LogP contribution in [0.2, 0.25) is 0 Å². The first-order valence-electron chi connectivity index (χ1n) is 10.3. The van der Waals surface area contributed by atoms with Gasteiger partial charge in [0.25, 0.3) is 5.89 Å². The summed E-state index contributed by atoms with van der Waals surface area (Å²) in [5.74, 6) is 1.33. The van der Waals surface area contributed by atoms with E-state index in [0.29, 0.717) is 29.1 Å². The highest BCUT2D eigenvalue weighted by atomic mass is 16.5. The van der Waals surface area contributed by atoms with E-state index in [4.69, 9.17) is 14.4 Å². The first-order chi connectivity index (χ1) is 15.7. The van der Waals surface area contributed by atoms with E-state index in [1.165, 1.54) is 0 Å². The van der Waals surface area contributed by atoms with Crippen LogP contribution in [0.15, 0.2) is 22.7 Å². The third-order valence-corrected chi connectivity index (χ3v) is 4.70. The lowest BCUT2D eigenvalue weighted by Crippen LogP contribution is -2.36. The first kappa shape index (κ1) is 24.1. The van der Waals surface area contributed by atoms with Crippen LogP contribution in [0.3, 0.4) is 0 Å². The summed E-state index contributed by atoms with van der Waals surface area (Å²) in [6.07, 6.45) is -0.915. The number of nitrogens with zero attached hydrogens (tertiary/aromatic N) is 5. The lowest BCUT2D eigenvalue weighted by atomic mass is 10.1. The Morgan fingerprint density at radius 3 is 2.48 bits per heavy atom. The minimum Gasteiger partial charge on any atom is -0.490 e. The second-order valence-corrected chi connectivity index (χ2v) is 7.88. The Hall–Kier alpha value is -3.57. The summed E-state index contributed by atoms with van der Waals surface area (Å²) in [6, 6.07) is 5.52. The monoisotopic (exact) mass is 456 g/mol. The zero-order valence-corrected chi connectivity index (χ0v) is 19.3. The molecular formula is C22H28N6O5. The van der Waals surface area contributed by atoms with Crippen LogP contribution in [-0.2, 0) is 4.79 Å². The number of hydrogen-bond donors (Lipinski definition) is 3. The van der Waals surface area contributed by atoms with E-state index >= 15 is 0 Å². The van der Waals surface area contributed by atoms with Crippen LogP contribution in [0.4, 0.5) is 5.95 Å². The quantitative estimate of drug-likeness (QED) is 0.426. The molecule has 2 heterocycles. The summed E-state index contributed by atoms with van der Waals surface area (Å²) >= 11 is 0.